The zero-order valence-corrected chi connectivity index (χ0v) is 11.8. The number of esters is 1. The van der Waals surface area contributed by atoms with Crippen LogP contribution in [0.3, 0.4) is 0 Å². The summed E-state index contributed by atoms with van der Waals surface area (Å²) in [7, 11) is 1.21. The number of methoxy groups -OCH3 is 1. The molecule has 1 amide bonds. The topological polar surface area (TPSA) is 81.4 Å². The lowest BCUT2D eigenvalue weighted by Gasteiger charge is -2.15. The van der Waals surface area contributed by atoms with E-state index in [2.05, 4.69) is 10.1 Å². The first-order valence-corrected chi connectivity index (χ1v) is 6.29. The molecule has 0 aromatic heterocycles. The summed E-state index contributed by atoms with van der Waals surface area (Å²) in [5.74, 6) is -1.43. The molecule has 1 aromatic rings. The van der Waals surface area contributed by atoms with E-state index in [1.165, 1.54) is 13.2 Å². The Hall–Kier alpha value is -1.95. The number of hydrogen-bond donors (Lipinski definition) is 2. The Bertz CT molecular complexity index is 503. The summed E-state index contributed by atoms with van der Waals surface area (Å²) < 4.78 is 17.8. The molecule has 0 aliphatic rings. The van der Waals surface area contributed by atoms with Gasteiger partial charge >= 0.3 is 5.97 Å². The highest BCUT2D eigenvalue weighted by Gasteiger charge is 2.19. The Kier molecular flexibility index (Phi) is 5.64. The van der Waals surface area contributed by atoms with Crippen molar-refractivity contribution < 1.29 is 18.7 Å². The summed E-state index contributed by atoms with van der Waals surface area (Å²) in [6, 6.07) is 2.72. The minimum Gasteiger partial charge on any atom is -0.465 e. The zero-order chi connectivity index (χ0) is 15.3. The van der Waals surface area contributed by atoms with Crippen LogP contribution in [0, 0.1) is 11.7 Å². The standard InChI is InChI=1S/C14H19FN2O3/c1-8(2)6-11(16)13(18)17-12-7-9(15)4-5-10(12)14(19)20-3/h4-5,7-8,11H,6,16H2,1-3H3,(H,17,18)/t11-/m0/s1. The highest BCUT2D eigenvalue weighted by molar-refractivity contribution is 6.02. The fourth-order valence-electron chi connectivity index (χ4n) is 1.75. The second kappa shape index (κ2) is 7.00. The minimum atomic E-state index is -0.719. The highest BCUT2D eigenvalue weighted by Crippen LogP contribution is 2.19. The molecule has 5 nitrogen and oxygen atoms in total. The van der Waals surface area contributed by atoms with Crippen LogP contribution in [0.5, 0.6) is 0 Å². The predicted molar refractivity (Wildman–Crippen MR) is 73.8 cm³/mol. The highest BCUT2D eigenvalue weighted by atomic mass is 19.1. The number of rotatable bonds is 5. The van der Waals surface area contributed by atoms with Gasteiger partial charge in [-0.3, -0.25) is 4.79 Å². The molecule has 0 heterocycles. The van der Waals surface area contributed by atoms with Gasteiger partial charge in [-0.15, -0.1) is 0 Å². The predicted octanol–water partition coefficient (Wildman–Crippen LogP) is 1.92. The first-order valence-electron chi connectivity index (χ1n) is 6.29. The SMILES string of the molecule is COC(=O)c1ccc(F)cc1NC(=O)[C@@H](N)CC(C)C. The lowest BCUT2D eigenvalue weighted by Crippen LogP contribution is -2.37. The van der Waals surface area contributed by atoms with Crippen LogP contribution in [-0.4, -0.2) is 25.0 Å². The van der Waals surface area contributed by atoms with Crippen molar-refractivity contribution in [2.75, 3.05) is 12.4 Å². The molecule has 0 saturated heterocycles. The Morgan fingerprint density at radius 1 is 1.40 bits per heavy atom. The van der Waals surface area contributed by atoms with E-state index < -0.39 is 23.7 Å². The molecule has 0 aliphatic heterocycles. The van der Waals surface area contributed by atoms with Crippen molar-refractivity contribution in [1.29, 1.82) is 0 Å². The smallest absolute Gasteiger partial charge is 0.339 e. The van der Waals surface area contributed by atoms with Crippen molar-refractivity contribution in [3.05, 3.63) is 29.6 Å². The normalized spacial score (nSPS) is 12.1. The van der Waals surface area contributed by atoms with Crippen molar-refractivity contribution in [2.45, 2.75) is 26.3 Å². The van der Waals surface area contributed by atoms with Crippen molar-refractivity contribution in [1.82, 2.24) is 0 Å². The quantitative estimate of drug-likeness (QED) is 0.808. The number of nitrogens with two attached hydrogens (primary N) is 1. The monoisotopic (exact) mass is 282 g/mol. The van der Waals surface area contributed by atoms with Crippen LogP contribution in [0.1, 0.15) is 30.6 Å². The van der Waals surface area contributed by atoms with Gasteiger partial charge in [-0.05, 0) is 30.5 Å². The van der Waals surface area contributed by atoms with Gasteiger partial charge < -0.3 is 15.8 Å². The summed E-state index contributed by atoms with van der Waals surface area (Å²) in [4.78, 5) is 23.5. The summed E-state index contributed by atoms with van der Waals surface area (Å²) in [6.07, 6.45) is 0.495. The number of nitrogens with one attached hydrogen (secondary N) is 1. The van der Waals surface area contributed by atoms with Gasteiger partial charge in [0.2, 0.25) is 5.91 Å². The van der Waals surface area contributed by atoms with Gasteiger partial charge in [-0.2, -0.15) is 0 Å². The summed E-state index contributed by atoms with van der Waals surface area (Å²) in [5.41, 5.74) is 5.88. The van der Waals surface area contributed by atoms with Gasteiger partial charge in [0.25, 0.3) is 0 Å². The second-order valence-corrected chi connectivity index (χ2v) is 4.91. The molecule has 0 fully saturated rings. The number of carbonyl (C=O) groups is 2. The number of halogens is 1. The lowest BCUT2D eigenvalue weighted by atomic mass is 10.0. The summed E-state index contributed by atoms with van der Waals surface area (Å²) in [5, 5.41) is 2.47. The largest absolute Gasteiger partial charge is 0.465 e. The average Bonchev–Trinajstić information content (AvgIpc) is 2.37. The Balaban J connectivity index is 2.93. The number of ether oxygens (including phenoxy) is 1. The zero-order valence-electron chi connectivity index (χ0n) is 11.8. The Morgan fingerprint density at radius 2 is 2.05 bits per heavy atom. The molecule has 0 unspecified atom stereocenters. The van der Waals surface area contributed by atoms with E-state index in [9.17, 15) is 14.0 Å². The molecular weight excluding hydrogens is 263 g/mol. The molecule has 110 valence electrons. The van der Waals surface area contributed by atoms with Gasteiger partial charge in [0, 0.05) is 0 Å². The number of amides is 1. The number of benzene rings is 1. The molecule has 0 bridgehead atoms. The molecule has 3 N–H and O–H groups in total. The molecule has 1 atom stereocenters. The van der Waals surface area contributed by atoms with Crippen LogP contribution in [0.15, 0.2) is 18.2 Å². The van der Waals surface area contributed by atoms with Gasteiger partial charge in [0.05, 0.1) is 24.4 Å². The number of carbonyl (C=O) groups excluding carboxylic acids is 2. The number of hydrogen-bond acceptors (Lipinski definition) is 4. The fourth-order valence-corrected chi connectivity index (χ4v) is 1.75. The molecule has 20 heavy (non-hydrogen) atoms. The van der Waals surface area contributed by atoms with Gasteiger partial charge in [-0.1, -0.05) is 13.8 Å². The van der Waals surface area contributed by atoms with Crippen LogP contribution in [0.4, 0.5) is 10.1 Å². The molecule has 1 aromatic carbocycles. The summed E-state index contributed by atoms with van der Waals surface area (Å²) >= 11 is 0. The maximum atomic E-state index is 13.2. The van der Waals surface area contributed by atoms with Crippen LogP contribution >= 0.6 is 0 Å². The number of anilines is 1. The molecule has 0 saturated carbocycles. The molecular formula is C14H19FN2O3. The van der Waals surface area contributed by atoms with E-state index in [4.69, 9.17) is 5.73 Å². The second-order valence-electron chi connectivity index (χ2n) is 4.91. The third-order valence-electron chi connectivity index (χ3n) is 2.71. The Morgan fingerprint density at radius 3 is 2.60 bits per heavy atom. The third-order valence-corrected chi connectivity index (χ3v) is 2.71. The van der Waals surface area contributed by atoms with Crippen molar-refractivity contribution in [3.63, 3.8) is 0 Å². The van der Waals surface area contributed by atoms with Gasteiger partial charge in [0.15, 0.2) is 0 Å². The molecule has 6 heteroatoms. The minimum absolute atomic E-state index is 0.0565. The molecule has 0 aliphatic carbocycles. The Labute approximate surface area is 117 Å². The maximum absolute atomic E-state index is 13.2. The van der Waals surface area contributed by atoms with Crippen molar-refractivity contribution >= 4 is 17.6 Å². The average molecular weight is 282 g/mol. The van der Waals surface area contributed by atoms with E-state index >= 15 is 0 Å². The van der Waals surface area contributed by atoms with E-state index in [1.54, 1.807) is 0 Å². The van der Waals surface area contributed by atoms with Crippen LogP contribution in [-0.2, 0) is 9.53 Å². The van der Waals surface area contributed by atoms with Crippen LogP contribution < -0.4 is 11.1 Å². The van der Waals surface area contributed by atoms with Gasteiger partial charge in [0.1, 0.15) is 5.82 Å². The molecule has 0 radical (unpaired) electrons. The fraction of sp³-hybridized carbons (Fsp3) is 0.429. The van der Waals surface area contributed by atoms with E-state index in [0.29, 0.717) is 6.42 Å². The van der Waals surface area contributed by atoms with Crippen LogP contribution in [0.25, 0.3) is 0 Å². The maximum Gasteiger partial charge on any atom is 0.339 e. The van der Waals surface area contributed by atoms with E-state index in [1.807, 2.05) is 13.8 Å². The van der Waals surface area contributed by atoms with Crippen LogP contribution in [0.2, 0.25) is 0 Å². The first-order chi connectivity index (χ1) is 9.35. The molecule has 1 rings (SSSR count). The first kappa shape index (κ1) is 16.1. The van der Waals surface area contributed by atoms with E-state index in [0.717, 1.165) is 12.1 Å². The third kappa shape index (κ3) is 4.31. The van der Waals surface area contributed by atoms with Gasteiger partial charge in [-0.25, -0.2) is 9.18 Å². The van der Waals surface area contributed by atoms with Crippen molar-refractivity contribution in [2.24, 2.45) is 11.7 Å². The van der Waals surface area contributed by atoms with E-state index in [-0.39, 0.29) is 17.2 Å². The molecule has 0 spiro atoms. The lowest BCUT2D eigenvalue weighted by molar-refractivity contribution is -0.117. The van der Waals surface area contributed by atoms with Crippen molar-refractivity contribution in [3.8, 4) is 0 Å². The summed E-state index contributed by atoms with van der Waals surface area (Å²) in [6.45, 7) is 3.88.